The van der Waals surface area contributed by atoms with E-state index >= 15 is 0 Å². The van der Waals surface area contributed by atoms with Crippen molar-refractivity contribution in [1.82, 2.24) is 2.78 Å². The number of aryl methyl sites for hydroxylation is 1. The molecule has 0 fully saturated rings. The standard InChI is InChI=1S/C9H6BrClIN/c1-5-2-3-6(10)8-7(11)4-13(12)9(5)8/h2-4H,1H3. The number of fused-ring (bicyclic) bond motifs is 1. The minimum Gasteiger partial charge on any atom is -0.288 e. The van der Waals surface area contributed by atoms with Crippen molar-refractivity contribution in [2.45, 2.75) is 6.92 Å². The van der Waals surface area contributed by atoms with Gasteiger partial charge in [0.25, 0.3) is 0 Å². The Morgan fingerprint density at radius 1 is 1.46 bits per heavy atom. The molecule has 0 aliphatic rings. The van der Waals surface area contributed by atoms with Crippen LogP contribution in [0.1, 0.15) is 5.56 Å². The van der Waals surface area contributed by atoms with Gasteiger partial charge in [-0.25, -0.2) is 0 Å². The van der Waals surface area contributed by atoms with Gasteiger partial charge in [0.2, 0.25) is 0 Å². The first-order chi connectivity index (χ1) is 6.11. The molecule has 1 nitrogen and oxygen atoms in total. The highest BCUT2D eigenvalue weighted by molar-refractivity contribution is 14.1. The molecule has 0 radical (unpaired) electrons. The van der Waals surface area contributed by atoms with E-state index in [-0.39, 0.29) is 0 Å². The van der Waals surface area contributed by atoms with Crippen molar-refractivity contribution in [1.29, 1.82) is 0 Å². The molecule has 0 spiro atoms. The lowest BCUT2D eigenvalue weighted by molar-refractivity contribution is 1.38. The van der Waals surface area contributed by atoms with Crippen molar-refractivity contribution in [3.8, 4) is 0 Å². The molecule has 13 heavy (non-hydrogen) atoms. The Labute approximate surface area is 104 Å². The average Bonchev–Trinajstić information content (AvgIpc) is 2.36. The summed E-state index contributed by atoms with van der Waals surface area (Å²) >= 11 is 11.8. The van der Waals surface area contributed by atoms with Crippen LogP contribution in [0.4, 0.5) is 0 Å². The van der Waals surface area contributed by atoms with Gasteiger partial charge in [-0.2, -0.15) is 0 Å². The predicted molar refractivity (Wildman–Crippen MR) is 68.8 cm³/mol. The molecular weight excluding hydrogens is 364 g/mol. The van der Waals surface area contributed by atoms with Gasteiger partial charge in [0.05, 0.1) is 33.4 Å². The topological polar surface area (TPSA) is 4.93 Å². The van der Waals surface area contributed by atoms with E-state index in [2.05, 4.69) is 51.8 Å². The zero-order valence-corrected chi connectivity index (χ0v) is 11.3. The van der Waals surface area contributed by atoms with E-state index in [4.69, 9.17) is 11.6 Å². The summed E-state index contributed by atoms with van der Waals surface area (Å²) in [5.41, 5.74) is 2.42. The molecular formula is C9H6BrClIN. The second-order valence-electron chi connectivity index (χ2n) is 2.88. The molecule has 68 valence electrons. The zero-order chi connectivity index (χ0) is 9.59. The summed E-state index contributed by atoms with van der Waals surface area (Å²) in [4.78, 5) is 0. The van der Waals surface area contributed by atoms with Crippen molar-refractivity contribution in [3.63, 3.8) is 0 Å². The van der Waals surface area contributed by atoms with Gasteiger partial charge in [0.15, 0.2) is 0 Å². The lowest BCUT2D eigenvalue weighted by Gasteiger charge is -2.00. The summed E-state index contributed by atoms with van der Waals surface area (Å²) in [6, 6.07) is 4.11. The van der Waals surface area contributed by atoms with Crippen molar-refractivity contribution >= 4 is 61.3 Å². The van der Waals surface area contributed by atoms with Crippen LogP contribution in [0, 0.1) is 6.92 Å². The maximum Gasteiger partial charge on any atom is 0.0681 e. The molecule has 0 aliphatic carbocycles. The Bertz CT molecular complexity index is 436. The maximum absolute atomic E-state index is 6.10. The number of hydrogen-bond acceptors (Lipinski definition) is 0. The number of benzene rings is 1. The third-order valence-electron chi connectivity index (χ3n) is 2.01. The van der Waals surface area contributed by atoms with E-state index in [1.54, 1.807) is 0 Å². The van der Waals surface area contributed by atoms with Gasteiger partial charge in [-0.1, -0.05) is 33.6 Å². The van der Waals surface area contributed by atoms with Crippen LogP contribution in [0.3, 0.4) is 0 Å². The van der Waals surface area contributed by atoms with Crippen molar-refractivity contribution in [2.75, 3.05) is 0 Å². The maximum atomic E-state index is 6.10. The van der Waals surface area contributed by atoms with Crippen LogP contribution in [0.5, 0.6) is 0 Å². The van der Waals surface area contributed by atoms with E-state index in [0.29, 0.717) is 0 Å². The fourth-order valence-electron chi connectivity index (χ4n) is 1.40. The Balaban J connectivity index is 3.03. The smallest absolute Gasteiger partial charge is 0.0681 e. The van der Waals surface area contributed by atoms with E-state index in [1.807, 2.05) is 15.0 Å². The van der Waals surface area contributed by atoms with E-state index in [9.17, 15) is 0 Å². The average molecular weight is 370 g/mol. The fraction of sp³-hybridized carbons (Fsp3) is 0.111. The molecule has 0 amide bonds. The van der Waals surface area contributed by atoms with Crippen molar-refractivity contribution < 1.29 is 0 Å². The molecule has 4 heteroatoms. The first kappa shape index (κ1) is 9.80. The van der Waals surface area contributed by atoms with Crippen LogP contribution in [-0.4, -0.2) is 2.78 Å². The zero-order valence-electron chi connectivity index (χ0n) is 6.81. The molecule has 0 aliphatic heterocycles. The van der Waals surface area contributed by atoms with Gasteiger partial charge >= 0.3 is 0 Å². The van der Waals surface area contributed by atoms with Gasteiger partial charge < -0.3 is 0 Å². The van der Waals surface area contributed by atoms with Crippen LogP contribution in [0.15, 0.2) is 22.8 Å². The molecule has 0 unspecified atom stereocenters. The third-order valence-corrected chi connectivity index (χ3v) is 3.72. The number of rotatable bonds is 0. The quantitative estimate of drug-likeness (QED) is 0.599. The Hall–Kier alpha value is 0.260. The molecule has 0 saturated carbocycles. The lowest BCUT2D eigenvalue weighted by atomic mass is 10.2. The van der Waals surface area contributed by atoms with Crippen LogP contribution < -0.4 is 0 Å². The summed E-state index contributed by atoms with van der Waals surface area (Å²) in [6.45, 7) is 2.08. The van der Waals surface area contributed by atoms with Gasteiger partial charge in [-0.05, 0) is 18.6 Å². The number of aromatic nitrogens is 1. The SMILES string of the molecule is Cc1ccc(Br)c2c(Cl)cn(I)c12. The summed E-state index contributed by atoms with van der Waals surface area (Å²) in [7, 11) is 0. The molecule has 1 aromatic carbocycles. The Morgan fingerprint density at radius 2 is 2.15 bits per heavy atom. The molecule has 0 saturated heterocycles. The lowest BCUT2D eigenvalue weighted by Crippen LogP contribution is -1.81. The largest absolute Gasteiger partial charge is 0.288 e. The highest BCUT2D eigenvalue weighted by Gasteiger charge is 2.10. The molecule has 0 atom stereocenters. The van der Waals surface area contributed by atoms with Crippen LogP contribution >= 0.6 is 50.4 Å². The first-order valence-electron chi connectivity index (χ1n) is 3.73. The fourth-order valence-corrected chi connectivity index (χ4v) is 3.40. The normalized spacial score (nSPS) is 11.1. The highest BCUT2D eigenvalue weighted by Crippen LogP contribution is 2.35. The summed E-state index contributed by atoms with van der Waals surface area (Å²) in [6.07, 6.45) is 1.92. The summed E-state index contributed by atoms with van der Waals surface area (Å²) in [5, 5.41) is 1.89. The van der Waals surface area contributed by atoms with Gasteiger partial charge in [-0.3, -0.25) is 2.78 Å². The van der Waals surface area contributed by atoms with Gasteiger partial charge in [0, 0.05) is 16.1 Å². The van der Waals surface area contributed by atoms with Crippen LogP contribution in [0.25, 0.3) is 10.9 Å². The highest BCUT2D eigenvalue weighted by atomic mass is 127. The van der Waals surface area contributed by atoms with Crippen molar-refractivity contribution in [3.05, 3.63) is 33.4 Å². The number of hydrogen-bond donors (Lipinski definition) is 0. The molecule has 2 rings (SSSR count). The second kappa shape index (κ2) is 3.44. The second-order valence-corrected chi connectivity index (χ2v) is 5.18. The number of nitrogens with zero attached hydrogens (tertiary/aromatic N) is 1. The summed E-state index contributed by atoms with van der Waals surface area (Å²) < 4.78 is 3.07. The monoisotopic (exact) mass is 369 g/mol. The molecule has 1 aromatic heterocycles. The number of halogens is 3. The van der Waals surface area contributed by atoms with Crippen LogP contribution in [0.2, 0.25) is 5.02 Å². The van der Waals surface area contributed by atoms with Gasteiger partial charge in [0.1, 0.15) is 0 Å². The predicted octanol–water partition coefficient (Wildman–Crippen LogP) is 4.56. The molecule has 0 N–H and O–H groups in total. The minimum absolute atomic E-state index is 0.792. The Morgan fingerprint density at radius 3 is 2.77 bits per heavy atom. The van der Waals surface area contributed by atoms with Crippen LogP contribution in [-0.2, 0) is 0 Å². The van der Waals surface area contributed by atoms with Gasteiger partial charge in [-0.15, -0.1) is 0 Å². The van der Waals surface area contributed by atoms with E-state index in [0.717, 1.165) is 14.9 Å². The van der Waals surface area contributed by atoms with Crippen molar-refractivity contribution in [2.24, 2.45) is 0 Å². The molecule has 0 bridgehead atoms. The molecule has 1 heterocycles. The van der Waals surface area contributed by atoms with E-state index < -0.39 is 0 Å². The Kier molecular flexibility index (Phi) is 2.59. The third kappa shape index (κ3) is 1.51. The van der Waals surface area contributed by atoms with E-state index in [1.165, 1.54) is 11.1 Å². The first-order valence-corrected chi connectivity index (χ1v) is 5.86. The minimum atomic E-state index is 0.792. The summed E-state index contributed by atoms with van der Waals surface area (Å²) in [5.74, 6) is 0. The molecule has 2 aromatic rings.